The van der Waals surface area contributed by atoms with Gasteiger partial charge in [-0.1, -0.05) is 24.3 Å². The Labute approximate surface area is 172 Å². The van der Waals surface area contributed by atoms with E-state index in [4.69, 9.17) is 16.1 Å². The lowest BCUT2D eigenvalue weighted by molar-refractivity contribution is 0.265. The number of anilines is 1. The molecule has 3 rings (SSSR count). The van der Waals surface area contributed by atoms with Crippen LogP contribution in [0.3, 0.4) is 0 Å². The summed E-state index contributed by atoms with van der Waals surface area (Å²) >= 11 is 0. The molecule has 10 heteroatoms. The van der Waals surface area contributed by atoms with Gasteiger partial charge in [-0.15, -0.1) is 0 Å². The molecule has 0 saturated heterocycles. The number of nitrogens with two attached hydrogens (primary N) is 1. The average molecular weight is 427 g/mol. The van der Waals surface area contributed by atoms with Crippen LogP contribution in [0.15, 0.2) is 53.6 Å². The Morgan fingerprint density at radius 2 is 2.00 bits per heavy atom. The highest BCUT2D eigenvalue weighted by Crippen LogP contribution is 2.31. The first kappa shape index (κ1) is 21.3. The fraction of sp³-hybridized carbons (Fsp3) is 0.150. The third-order valence-corrected chi connectivity index (χ3v) is 5.92. The fourth-order valence-electron chi connectivity index (χ4n) is 2.81. The van der Waals surface area contributed by atoms with Crippen LogP contribution in [-0.4, -0.2) is 36.1 Å². The molecule has 0 aliphatic heterocycles. The molecule has 2 aromatic carbocycles. The third kappa shape index (κ3) is 4.28. The van der Waals surface area contributed by atoms with Crippen LogP contribution in [0.5, 0.6) is 0 Å². The number of halogens is 1. The number of aliphatic hydroxyl groups excluding tert-OH is 1. The smallest absolute Gasteiger partial charge is 0.241 e. The summed E-state index contributed by atoms with van der Waals surface area (Å²) in [6.07, 6.45) is 1.26. The molecule has 30 heavy (non-hydrogen) atoms. The average Bonchev–Trinajstić information content (AvgIpc) is 2.74. The monoisotopic (exact) mass is 427 g/mol. The van der Waals surface area contributed by atoms with Crippen molar-refractivity contribution in [3.05, 3.63) is 60.2 Å². The van der Waals surface area contributed by atoms with E-state index in [1.807, 2.05) is 0 Å². The van der Waals surface area contributed by atoms with E-state index in [9.17, 15) is 12.8 Å². The number of nitrogens with zero attached hydrogens (tertiary/aromatic N) is 3. The van der Waals surface area contributed by atoms with Gasteiger partial charge in [-0.2, -0.15) is 5.26 Å². The Morgan fingerprint density at radius 1 is 1.27 bits per heavy atom. The lowest BCUT2D eigenvalue weighted by atomic mass is 10.0. The van der Waals surface area contributed by atoms with Gasteiger partial charge in [0.25, 0.3) is 0 Å². The molecule has 4 N–H and O–H groups in total. The van der Waals surface area contributed by atoms with Gasteiger partial charge in [0, 0.05) is 17.2 Å². The SMILES string of the molecule is C[C@H](CO)NS(=O)(=O)c1ccccc1-c1ccc(-c2cnc(N)c(C#N)n2)c(F)c1. The van der Waals surface area contributed by atoms with Crippen molar-refractivity contribution in [3.8, 4) is 28.5 Å². The topological polar surface area (TPSA) is 142 Å². The minimum absolute atomic E-state index is 0.0449. The van der Waals surface area contributed by atoms with Crippen LogP contribution in [0.25, 0.3) is 22.4 Å². The van der Waals surface area contributed by atoms with E-state index in [0.29, 0.717) is 11.1 Å². The van der Waals surface area contributed by atoms with E-state index < -0.39 is 21.9 Å². The lowest BCUT2D eigenvalue weighted by Gasteiger charge is -2.15. The van der Waals surface area contributed by atoms with Crippen LogP contribution < -0.4 is 10.5 Å². The Morgan fingerprint density at radius 3 is 2.67 bits per heavy atom. The maximum atomic E-state index is 14.9. The van der Waals surface area contributed by atoms with Crippen molar-refractivity contribution in [1.82, 2.24) is 14.7 Å². The number of rotatable bonds is 6. The molecule has 1 heterocycles. The van der Waals surface area contributed by atoms with Crippen molar-refractivity contribution >= 4 is 15.8 Å². The minimum Gasteiger partial charge on any atom is -0.395 e. The summed E-state index contributed by atoms with van der Waals surface area (Å²) in [5.41, 5.74) is 6.28. The van der Waals surface area contributed by atoms with Crippen LogP contribution in [0, 0.1) is 17.1 Å². The maximum Gasteiger partial charge on any atom is 0.241 e. The molecule has 0 bridgehead atoms. The lowest BCUT2D eigenvalue weighted by Crippen LogP contribution is -2.35. The number of aliphatic hydroxyl groups is 1. The zero-order valence-electron chi connectivity index (χ0n) is 15.9. The highest BCUT2D eigenvalue weighted by molar-refractivity contribution is 7.89. The Hall–Kier alpha value is -3.39. The van der Waals surface area contributed by atoms with Crippen molar-refractivity contribution in [1.29, 1.82) is 5.26 Å². The number of nitrogens with one attached hydrogen (secondary N) is 1. The minimum atomic E-state index is -3.94. The van der Waals surface area contributed by atoms with Crippen LogP contribution >= 0.6 is 0 Å². The number of sulfonamides is 1. The second-order valence-corrected chi connectivity index (χ2v) is 8.18. The summed E-state index contributed by atoms with van der Waals surface area (Å²) in [7, 11) is -3.94. The van der Waals surface area contributed by atoms with E-state index in [0.717, 1.165) is 0 Å². The molecule has 154 valence electrons. The molecule has 1 atom stereocenters. The molecule has 1 aromatic heterocycles. The summed E-state index contributed by atoms with van der Waals surface area (Å²) in [6, 6.07) is 11.4. The molecule has 0 radical (unpaired) electrons. The van der Waals surface area contributed by atoms with Gasteiger partial charge in [0.2, 0.25) is 10.0 Å². The van der Waals surface area contributed by atoms with Gasteiger partial charge in [0.1, 0.15) is 11.9 Å². The molecular formula is C20H18FN5O3S. The van der Waals surface area contributed by atoms with Crippen LogP contribution in [0.4, 0.5) is 10.2 Å². The quantitative estimate of drug-likeness (QED) is 0.546. The molecule has 0 spiro atoms. The molecule has 0 amide bonds. The first-order valence-electron chi connectivity index (χ1n) is 8.82. The second-order valence-electron chi connectivity index (χ2n) is 6.50. The third-order valence-electron chi connectivity index (χ3n) is 4.27. The Balaban J connectivity index is 2.06. The summed E-state index contributed by atoms with van der Waals surface area (Å²) in [5.74, 6) is -0.721. The first-order chi connectivity index (χ1) is 14.3. The summed E-state index contributed by atoms with van der Waals surface area (Å²) in [6.45, 7) is 1.16. The standard InChI is InChI=1S/C20H18FN5O3S/c1-12(11-27)26-30(28,29)19-5-3-2-4-14(19)13-6-7-15(16(21)8-13)18-10-24-20(23)17(9-22)25-18/h2-8,10,12,26-27H,11H2,1H3,(H2,23,24)/t12-/m1/s1. The van der Waals surface area contributed by atoms with Crippen LogP contribution in [0.1, 0.15) is 12.6 Å². The number of aromatic nitrogens is 2. The van der Waals surface area contributed by atoms with E-state index in [1.165, 1.54) is 31.3 Å². The molecule has 0 aliphatic carbocycles. The van der Waals surface area contributed by atoms with Gasteiger partial charge >= 0.3 is 0 Å². The van der Waals surface area contributed by atoms with Crippen LogP contribution in [-0.2, 0) is 10.0 Å². The molecule has 0 unspecified atom stereocenters. The van der Waals surface area contributed by atoms with Gasteiger partial charge in [0.15, 0.2) is 11.5 Å². The summed E-state index contributed by atoms with van der Waals surface area (Å²) in [4.78, 5) is 7.81. The number of benzene rings is 2. The first-order valence-corrected chi connectivity index (χ1v) is 10.3. The predicted octanol–water partition coefficient (Wildman–Crippen LogP) is 2.06. The fourth-order valence-corrected chi connectivity index (χ4v) is 4.27. The Bertz CT molecular complexity index is 1240. The summed E-state index contributed by atoms with van der Waals surface area (Å²) in [5, 5.41) is 18.2. The van der Waals surface area contributed by atoms with E-state index in [-0.39, 0.29) is 34.3 Å². The number of hydrogen-bond donors (Lipinski definition) is 3. The highest BCUT2D eigenvalue weighted by Gasteiger charge is 2.22. The van der Waals surface area contributed by atoms with Crippen molar-refractivity contribution in [3.63, 3.8) is 0 Å². The summed E-state index contributed by atoms with van der Waals surface area (Å²) < 4.78 is 42.6. The molecular weight excluding hydrogens is 409 g/mol. The number of hydrogen-bond acceptors (Lipinski definition) is 7. The molecule has 0 saturated carbocycles. The molecule has 3 aromatic rings. The molecule has 0 aliphatic rings. The number of nitriles is 1. The van der Waals surface area contributed by atoms with Gasteiger partial charge in [-0.25, -0.2) is 27.5 Å². The molecule has 8 nitrogen and oxygen atoms in total. The van der Waals surface area contributed by atoms with Crippen molar-refractivity contribution in [2.45, 2.75) is 17.9 Å². The van der Waals surface area contributed by atoms with E-state index in [2.05, 4.69) is 14.7 Å². The van der Waals surface area contributed by atoms with Crippen molar-refractivity contribution < 1.29 is 17.9 Å². The van der Waals surface area contributed by atoms with Crippen LogP contribution in [0.2, 0.25) is 0 Å². The zero-order chi connectivity index (χ0) is 21.9. The largest absolute Gasteiger partial charge is 0.395 e. The predicted molar refractivity (Wildman–Crippen MR) is 109 cm³/mol. The zero-order valence-corrected chi connectivity index (χ0v) is 16.7. The van der Waals surface area contributed by atoms with E-state index >= 15 is 0 Å². The maximum absolute atomic E-state index is 14.9. The van der Waals surface area contributed by atoms with E-state index in [1.54, 1.807) is 30.3 Å². The highest BCUT2D eigenvalue weighted by atomic mass is 32.2. The normalized spacial score (nSPS) is 12.3. The molecule has 0 fully saturated rings. The van der Waals surface area contributed by atoms with Crippen molar-refractivity contribution in [2.75, 3.05) is 12.3 Å². The second kappa shape index (κ2) is 8.54. The van der Waals surface area contributed by atoms with Gasteiger partial charge in [-0.05, 0) is 30.7 Å². The van der Waals surface area contributed by atoms with Crippen molar-refractivity contribution in [2.24, 2.45) is 0 Å². The van der Waals surface area contributed by atoms with Gasteiger partial charge in [0.05, 0.1) is 23.4 Å². The van der Waals surface area contributed by atoms with Gasteiger partial charge in [-0.3, -0.25) is 0 Å². The number of nitrogen functional groups attached to an aromatic ring is 1. The van der Waals surface area contributed by atoms with Gasteiger partial charge < -0.3 is 10.8 Å². The Kier molecular flexibility index (Phi) is 6.07.